The topological polar surface area (TPSA) is 24.5 Å². The fraction of sp³-hybridized carbons (Fsp3) is 0.625. The van der Waals surface area contributed by atoms with Crippen molar-refractivity contribution in [3.63, 3.8) is 0 Å². The van der Waals surface area contributed by atoms with Crippen LogP contribution in [-0.2, 0) is 17.9 Å². The van der Waals surface area contributed by atoms with Crippen LogP contribution in [0.4, 0.5) is 0 Å². The second kappa shape index (κ2) is 7.04. The number of hydrogen-bond acceptors (Lipinski definition) is 3. The van der Waals surface area contributed by atoms with Crippen molar-refractivity contribution < 1.29 is 4.74 Å². The summed E-state index contributed by atoms with van der Waals surface area (Å²) in [6.45, 7) is 7.91. The summed E-state index contributed by atoms with van der Waals surface area (Å²) in [5.74, 6) is 0. The van der Waals surface area contributed by atoms with Crippen molar-refractivity contribution in [2.24, 2.45) is 0 Å². The maximum Gasteiger partial charge on any atom is 0.0719 e. The Bertz CT molecular complexity index is 384. The first-order valence-electron chi connectivity index (χ1n) is 7.28. The molecule has 0 aliphatic carbocycles. The van der Waals surface area contributed by atoms with Crippen molar-refractivity contribution in [1.29, 1.82) is 0 Å². The highest BCUT2D eigenvalue weighted by atomic mass is 16.5. The van der Waals surface area contributed by atoms with Crippen molar-refractivity contribution in [2.75, 3.05) is 20.2 Å². The Labute approximate surface area is 116 Å². The van der Waals surface area contributed by atoms with Crippen LogP contribution in [0.15, 0.2) is 24.3 Å². The van der Waals surface area contributed by atoms with Crippen LogP contribution in [0.3, 0.4) is 0 Å². The largest absolute Gasteiger partial charge is 0.377 e. The van der Waals surface area contributed by atoms with Gasteiger partial charge in [0.05, 0.1) is 6.61 Å². The zero-order chi connectivity index (χ0) is 13.7. The number of likely N-dealkylation sites (N-methyl/N-ethyl adjacent to an activating group) is 1. The van der Waals surface area contributed by atoms with Crippen LogP contribution in [0, 0.1) is 0 Å². The van der Waals surface area contributed by atoms with Gasteiger partial charge in [-0.2, -0.15) is 0 Å². The van der Waals surface area contributed by atoms with E-state index in [1.165, 1.54) is 17.5 Å². The number of hydrogen-bond donors (Lipinski definition) is 1. The lowest BCUT2D eigenvalue weighted by Gasteiger charge is -2.15. The summed E-state index contributed by atoms with van der Waals surface area (Å²) in [6.07, 6.45) is 1.24. The third-order valence-electron chi connectivity index (χ3n) is 4.05. The van der Waals surface area contributed by atoms with Gasteiger partial charge in [-0.1, -0.05) is 24.3 Å². The molecule has 1 aliphatic heterocycles. The Balaban J connectivity index is 1.88. The predicted molar refractivity (Wildman–Crippen MR) is 79.1 cm³/mol. The van der Waals surface area contributed by atoms with Gasteiger partial charge < -0.3 is 15.0 Å². The molecule has 2 atom stereocenters. The summed E-state index contributed by atoms with van der Waals surface area (Å²) in [4.78, 5) is 2.42. The molecule has 19 heavy (non-hydrogen) atoms. The molecule has 1 aromatic carbocycles. The zero-order valence-corrected chi connectivity index (χ0v) is 12.4. The van der Waals surface area contributed by atoms with Gasteiger partial charge in [-0.15, -0.1) is 0 Å². The SMILES string of the molecule is CCOCc1ccccc1CNC1CC(C)N(C)C1. The molecular weight excluding hydrogens is 236 g/mol. The maximum absolute atomic E-state index is 5.53. The first-order valence-corrected chi connectivity index (χ1v) is 7.28. The van der Waals surface area contributed by atoms with Gasteiger partial charge in [0.25, 0.3) is 0 Å². The highest BCUT2D eigenvalue weighted by Crippen LogP contribution is 2.16. The second-order valence-corrected chi connectivity index (χ2v) is 5.51. The van der Waals surface area contributed by atoms with E-state index in [9.17, 15) is 0 Å². The van der Waals surface area contributed by atoms with E-state index in [1.807, 2.05) is 6.92 Å². The van der Waals surface area contributed by atoms with Gasteiger partial charge in [-0.05, 0) is 38.4 Å². The lowest BCUT2D eigenvalue weighted by Crippen LogP contribution is -2.31. The summed E-state index contributed by atoms with van der Waals surface area (Å²) in [5, 5.41) is 3.68. The van der Waals surface area contributed by atoms with Crippen LogP contribution in [0.1, 0.15) is 31.4 Å². The number of nitrogens with zero attached hydrogens (tertiary/aromatic N) is 1. The summed E-state index contributed by atoms with van der Waals surface area (Å²) in [5.41, 5.74) is 2.66. The van der Waals surface area contributed by atoms with Gasteiger partial charge in [-0.3, -0.25) is 0 Å². The van der Waals surface area contributed by atoms with Crippen molar-refractivity contribution in [3.05, 3.63) is 35.4 Å². The number of nitrogens with one attached hydrogen (secondary N) is 1. The van der Waals surface area contributed by atoms with E-state index in [1.54, 1.807) is 0 Å². The Kier molecular flexibility index (Phi) is 5.37. The fourth-order valence-corrected chi connectivity index (χ4v) is 2.68. The van der Waals surface area contributed by atoms with Crippen LogP contribution in [0.2, 0.25) is 0 Å². The van der Waals surface area contributed by atoms with Gasteiger partial charge in [0.1, 0.15) is 0 Å². The molecule has 2 unspecified atom stereocenters. The van der Waals surface area contributed by atoms with Crippen molar-refractivity contribution in [2.45, 2.75) is 45.5 Å². The van der Waals surface area contributed by atoms with E-state index >= 15 is 0 Å². The van der Waals surface area contributed by atoms with Crippen LogP contribution in [0.5, 0.6) is 0 Å². The van der Waals surface area contributed by atoms with Crippen molar-refractivity contribution in [1.82, 2.24) is 10.2 Å². The lowest BCUT2D eigenvalue weighted by molar-refractivity contribution is 0.133. The van der Waals surface area contributed by atoms with Crippen LogP contribution in [-0.4, -0.2) is 37.2 Å². The highest BCUT2D eigenvalue weighted by molar-refractivity contribution is 5.26. The van der Waals surface area contributed by atoms with Crippen LogP contribution in [0.25, 0.3) is 0 Å². The van der Waals surface area contributed by atoms with E-state index in [0.717, 1.165) is 26.3 Å². The summed E-state index contributed by atoms with van der Waals surface area (Å²) in [6, 6.07) is 9.86. The lowest BCUT2D eigenvalue weighted by atomic mass is 10.1. The molecule has 1 N–H and O–H groups in total. The Morgan fingerprint density at radius 3 is 2.68 bits per heavy atom. The van der Waals surface area contributed by atoms with Gasteiger partial charge in [0.2, 0.25) is 0 Å². The molecule has 0 amide bonds. The molecule has 2 rings (SSSR count). The summed E-state index contributed by atoms with van der Waals surface area (Å²) >= 11 is 0. The standard InChI is InChI=1S/C16H26N2O/c1-4-19-12-15-8-6-5-7-14(15)10-17-16-9-13(2)18(3)11-16/h5-8,13,16-17H,4,9-12H2,1-3H3. The third kappa shape index (κ3) is 4.03. The number of benzene rings is 1. The summed E-state index contributed by atoms with van der Waals surface area (Å²) in [7, 11) is 2.20. The first kappa shape index (κ1) is 14.5. The van der Waals surface area contributed by atoms with E-state index in [0.29, 0.717) is 12.1 Å². The molecule has 0 spiro atoms. The minimum Gasteiger partial charge on any atom is -0.377 e. The van der Waals surface area contributed by atoms with Crippen molar-refractivity contribution >= 4 is 0 Å². The number of likely N-dealkylation sites (tertiary alicyclic amines) is 1. The van der Waals surface area contributed by atoms with E-state index in [-0.39, 0.29) is 0 Å². The average molecular weight is 262 g/mol. The maximum atomic E-state index is 5.53. The van der Waals surface area contributed by atoms with Crippen molar-refractivity contribution in [3.8, 4) is 0 Å². The minimum absolute atomic E-state index is 0.611. The normalized spacial score (nSPS) is 23.9. The quantitative estimate of drug-likeness (QED) is 0.852. The van der Waals surface area contributed by atoms with E-state index < -0.39 is 0 Å². The fourth-order valence-electron chi connectivity index (χ4n) is 2.68. The van der Waals surface area contributed by atoms with Gasteiger partial charge in [0.15, 0.2) is 0 Å². The summed E-state index contributed by atoms with van der Waals surface area (Å²) < 4.78 is 5.53. The molecule has 1 aliphatic rings. The smallest absolute Gasteiger partial charge is 0.0719 e. The van der Waals surface area contributed by atoms with Crippen LogP contribution >= 0.6 is 0 Å². The molecule has 1 saturated heterocycles. The Morgan fingerprint density at radius 1 is 1.32 bits per heavy atom. The Hall–Kier alpha value is -0.900. The predicted octanol–water partition coefficient (Wildman–Crippen LogP) is 2.41. The number of ether oxygens (including phenoxy) is 1. The average Bonchev–Trinajstić information content (AvgIpc) is 2.74. The first-order chi connectivity index (χ1) is 9.20. The Morgan fingerprint density at radius 2 is 2.05 bits per heavy atom. The molecular formula is C16H26N2O. The van der Waals surface area contributed by atoms with E-state index in [2.05, 4.69) is 48.5 Å². The molecule has 1 aromatic rings. The monoisotopic (exact) mass is 262 g/mol. The second-order valence-electron chi connectivity index (χ2n) is 5.51. The molecule has 0 aromatic heterocycles. The van der Waals surface area contributed by atoms with Gasteiger partial charge in [0, 0.05) is 31.8 Å². The van der Waals surface area contributed by atoms with E-state index in [4.69, 9.17) is 4.74 Å². The van der Waals surface area contributed by atoms with Gasteiger partial charge >= 0.3 is 0 Å². The van der Waals surface area contributed by atoms with Gasteiger partial charge in [-0.25, -0.2) is 0 Å². The minimum atomic E-state index is 0.611. The molecule has 106 valence electrons. The van der Waals surface area contributed by atoms with Crippen LogP contribution < -0.4 is 5.32 Å². The third-order valence-corrected chi connectivity index (χ3v) is 4.05. The molecule has 3 nitrogen and oxygen atoms in total. The zero-order valence-electron chi connectivity index (χ0n) is 12.4. The molecule has 3 heteroatoms. The molecule has 1 fully saturated rings. The number of rotatable bonds is 6. The molecule has 1 heterocycles. The highest BCUT2D eigenvalue weighted by Gasteiger charge is 2.25. The molecule has 0 radical (unpaired) electrons. The molecule has 0 saturated carbocycles. The molecule has 0 bridgehead atoms.